The van der Waals surface area contributed by atoms with Gasteiger partial charge in [0.05, 0.1) is 72.7 Å². The van der Waals surface area contributed by atoms with E-state index in [4.69, 9.17) is 0 Å². The Morgan fingerprint density at radius 2 is 0.603 bits per heavy atom. The zero-order valence-corrected chi connectivity index (χ0v) is 36.2. The van der Waals surface area contributed by atoms with Gasteiger partial charge in [0.2, 0.25) is 0 Å². The maximum Gasteiger partial charge on any atom is 0.134 e. The summed E-state index contributed by atoms with van der Waals surface area (Å²) >= 11 is 0. The molecule has 4 heterocycles. The van der Waals surface area contributed by atoms with Gasteiger partial charge in [0, 0.05) is 60.0 Å². The summed E-state index contributed by atoms with van der Waals surface area (Å²) in [5.41, 5.74) is 11.1. The number of halogens is 2. The van der Waals surface area contributed by atoms with Crippen molar-refractivity contribution in [3.05, 3.63) is 230 Å². The summed E-state index contributed by atoms with van der Waals surface area (Å²) in [6, 6.07) is 72.7. The molecule has 0 saturated carbocycles. The van der Waals surface area contributed by atoms with E-state index in [-0.39, 0.29) is 5.56 Å². The Morgan fingerprint density at radius 1 is 0.294 bits per heavy atom. The summed E-state index contributed by atoms with van der Waals surface area (Å²) in [6.07, 6.45) is 0. The minimum atomic E-state index is -0.707. The number of rotatable bonds is 5. The molecule has 0 radical (unpaired) electrons. The van der Waals surface area contributed by atoms with Crippen LogP contribution in [0.4, 0.5) is 8.78 Å². The largest absolute Gasteiger partial charge is 0.309 e. The third-order valence-corrected chi connectivity index (χ3v) is 13.9. The Labute approximate surface area is 387 Å². The molecule has 0 aliphatic carbocycles. The number of para-hydroxylation sites is 6. The SMILES string of the molecule is N#Cc1cc(-n2c3ccccc3c3cc(-n4c5ccccc5c5ccccc54)ccc32)c(-c2c(F)cccc2F)c(-n2c3ccccc3c3cc(-n4c5ccccc5c5ccccc54)ccc32)c1. The molecule has 68 heavy (non-hydrogen) atoms. The van der Waals surface area contributed by atoms with Gasteiger partial charge >= 0.3 is 0 Å². The average molecular weight is 876 g/mol. The Kier molecular flexibility index (Phi) is 8.05. The van der Waals surface area contributed by atoms with Crippen molar-refractivity contribution in [3.8, 4) is 39.9 Å². The first-order chi connectivity index (χ1) is 33.6. The Morgan fingerprint density at radius 3 is 0.956 bits per heavy atom. The van der Waals surface area contributed by atoms with Crippen LogP contribution in [0.15, 0.2) is 212 Å². The highest BCUT2D eigenvalue weighted by Gasteiger charge is 2.27. The highest BCUT2D eigenvalue weighted by molar-refractivity contribution is 6.15. The average Bonchev–Trinajstić information content (AvgIpc) is 4.11. The molecule has 0 spiro atoms. The summed E-state index contributed by atoms with van der Waals surface area (Å²) in [5, 5.41) is 19.4. The molecule has 0 N–H and O–H groups in total. The molecule has 14 aromatic rings. The van der Waals surface area contributed by atoms with E-state index in [1.54, 1.807) is 12.1 Å². The van der Waals surface area contributed by atoms with Crippen LogP contribution in [0.1, 0.15) is 5.56 Å². The normalized spacial score (nSPS) is 12.0. The number of hydrogen-bond donors (Lipinski definition) is 0. The van der Waals surface area contributed by atoms with Gasteiger partial charge in [-0.25, -0.2) is 8.78 Å². The van der Waals surface area contributed by atoms with Crippen LogP contribution in [0.3, 0.4) is 0 Å². The van der Waals surface area contributed by atoms with Gasteiger partial charge < -0.3 is 18.3 Å². The van der Waals surface area contributed by atoms with Crippen molar-refractivity contribution in [1.82, 2.24) is 18.3 Å². The Balaban J connectivity index is 1.07. The fourth-order valence-electron chi connectivity index (χ4n) is 11.1. The maximum atomic E-state index is 16.8. The third kappa shape index (κ3) is 5.28. The summed E-state index contributed by atoms with van der Waals surface area (Å²) in [6.45, 7) is 0. The standard InChI is InChI=1S/C61H35F2N5/c62-48-20-13-21-49(63)60(48)61-58(67-54-26-11-5-18-44(54)46-34-38(28-30-56(46)67)65-50-22-7-1-14-40(50)41-15-2-8-23-51(41)65)32-37(36-64)33-59(61)68-55-27-12-6-19-45(55)47-35-39(29-31-57(47)68)66-52-24-9-3-16-42(52)43-17-4-10-25-53(43)66/h1-35H. The number of nitriles is 1. The van der Waals surface area contributed by atoms with E-state index in [1.807, 2.05) is 36.4 Å². The molecular weight excluding hydrogens is 841 g/mol. The van der Waals surface area contributed by atoms with Crippen LogP contribution in [0.25, 0.3) is 121 Å². The molecular formula is C61H35F2N5. The van der Waals surface area contributed by atoms with Crippen molar-refractivity contribution in [3.63, 3.8) is 0 Å². The summed E-state index contributed by atoms with van der Waals surface area (Å²) in [4.78, 5) is 0. The van der Waals surface area contributed by atoms with Gasteiger partial charge in [0.1, 0.15) is 11.6 Å². The van der Waals surface area contributed by atoms with E-state index in [0.29, 0.717) is 22.5 Å². The van der Waals surface area contributed by atoms with Gasteiger partial charge in [-0.15, -0.1) is 0 Å². The number of nitrogens with zero attached hydrogens (tertiary/aromatic N) is 5. The molecule has 0 saturated heterocycles. The van der Waals surface area contributed by atoms with Gasteiger partial charge in [-0.2, -0.15) is 5.26 Å². The topological polar surface area (TPSA) is 43.5 Å². The fourth-order valence-corrected chi connectivity index (χ4v) is 11.1. The minimum Gasteiger partial charge on any atom is -0.309 e. The number of aromatic nitrogens is 4. The second-order valence-electron chi connectivity index (χ2n) is 17.4. The van der Waals surface area contributed by atoms with Crippen LogP contribution >= 0.6 is 0 Å². The van der Waals surface area contributed by atoms with Crippen molar-refractivity contribution >= 4 is 87.2 Å². The lowest BCUT2D eigenvalue weighted by Crippen LogP contribution is -2.07. The minimum absolute atomic E-state index is 0.178. The number of fused-ring (bicyclic) bond motifs is 12. The lowest BCUT2D eigenvalue weighted by atomic mass is 9.97. The second kappa shape index (κ2) is 14.4. The van der Waals surface area contributed by atoms with E-state index in [9.17, 15) is 5.26 Å². The van der Waals surface area contributed by atoms with E-state index in [0.717, 1.165) is 98.6 Å². The highest BCUT2D eigenvalue weighted by Crippen LogP contribution is 2.45. The highest BCUT2D eigenvalue weighted by atomic mass is 19.1. The fraction of sp³-hybridized carbons (Fsp3) is 0. The monoisotopic (exact) mass is 875 g/mol. The van der Waals surface area contributed by atoms with Crippen molar-refractivity contribution < 1.29 is 8.78 Å². The Bertz CT molecular complexity index is 4120. The van der Waals surface area contributed by atoms with Crippen molar-refractivity contribution in [1.29, 1.82) is 5.26 Å². The third-order valence-electron chi connectivity index (χ3n) is 13.9. The van der Waals surface area contributed by atoms with Crippen LogP contribution < -0.4 is 0 Å². The van der Waals surface area contributed by atoms with E-state index in [2.05, 4.69) is 170 Å². The molecule has 10 aromatic carbocycles. The van der Waals surface area contributed by atoms with E-state index in [1.165, 1.54) is 18.2 Å². The van der Waals surface area contributed by atoms with Gasteiger partial charge in [-0.3, -0.25) is 0 Å². The van der Waals surface area contributed by atoms with Gasteiger partial charge in [0.25, 0.3) is 0 Å². The summed E-state index contributed by atoms with van der Waals surface area (Å²) in [5.74, 6) is -1.41. The molecule has 0 atom stereocenters. The van der Waals surface area contributed by atoms with Crippen LogP contribution in [-0.2, 0) is 0 Å². The molecule has 14 rings (SSSR count). The lowest BCUT2D eigenvalue weighted by molar-refractivity contribution is 0.589. The predicted octanol–water partition coefficient (Wildman–Crippen LogP) is 15.9. The molecule has 4 aromatic heterocycles. The molecule has 0 aliphatic heterocycles. The summed E-state index contributed by atoms with van der Waals surface area (Å²) in [7, 11) is 0. The van der Waals surface area contributed by atoms with Crippen LogP contribution in [0, 0.1) is 23.0 Å². The lowest BCUT2D eigenvalue weighted by Gasteiger charge is -2.21. The van der Waals surface area contributed by atoms with Crippen LogP contribution in [0.5, 0.6) is 0 Å². The van der Waals surface area contributed by atoms with Gasteiger partial charge in [0.15, 0.2) is 0 Å². The van der Waals surface area contributed by atoms with Crippen molar-refractivity contribution in [2.45, 2.75) is 0 Å². The van der Waals surface area contributed by atoms with Gasteiger partial charge in [-0.1, -0.05) is 115 Å². The zero-order chi connectivity index (χ0) is 45.2. The number of hydrogen-bond acceptors (Lipinski definition) is 1. The number of benzene rings is 10. The van der Waals surface area contributed by atoms with E-state index >= 15 is 8.78 Å². The van der Waals surface area contributed by atoms with Crippen molar-refractivity contribution in [2.24, 2.45) is 0 Å². The molecule has 0 bridgehead atoms. The molecule has 5 nitrogen and oxygen atoms in total. The van der Waals surface area contributed by atoms with Crippen LogP contribution in [-0.4, -0.2) is 18.3 Å². The zero-order valence-electron chi connectivity index (χ0n) is 36.2. The van der Waals surface area contributed by atoms with Crippen LogP contribution in [0.2, 0.25) is 0 Å². The smallest absolute Gasteiger partial charge is 0.134 e. The first kappa shape index (κ1) is 38.1. The predicted molar refractivity (Wildman–Crippen MR) is 274 cm³/mol. The van der Waals surface area contributed by atoms with E-state index < -0.39 is 11.6 Å². The molecule has 0 fully saturated rings. The second-order valence-corrected chi connectivity index (χ2v) is 17.4. The molecule has 0 aliphatic rings. The molecule has 318 valence electrons. The maximum absolute atomic E-state index is 16.8. The Hall–Kier alpha value is -9.25. The summed E-state index contributed by atoms with van der Waals surface area (Å²) < 4.78 is 42.4. The quantitative estimate of drug-likeness (QED) is 0.170. The van der Waals surface area contributed by atoms with Gasteiger partial charge in [-0.05, 0) is 97.1 Å². The molecule has 0 amide bonds. The molecule has 7 heteroatoms. The van der Waals surface area contributed by atoms with Crippen molar-refractivity contribution in [2.75, 3.05) is 0 Å². The first-order valence-corrected chi connectivity index (χ1v) is 22.6. The first-order valence-electron chi connectivity index (χ1n) is 22.6. The molecule has 0 unspecified atom stereocenters.